The number of esters is 1. The fourth-order valence-corrected chi connectivity index (χ4v) is 2.58. The van der Waals surface area contributed by atoms with Crippen molar-refractivity contribution in [3.05, 3.63) is 29.8 Å². The first-order valence-electron chi connectivity index (χ1n) is 7.25. The van der Waals surface area contributed by atoms with Crippen molar-refractivity contribution < 1.29 is 14.3 Å². The lowest BCUT2D eigenvalue weighted by Crippen LogP contribution is -2.31. The van der Waals surface area contributed by atoms with Gasteiger partial charge in [-0.1, -0.05) is 12.1 Å². The summed E-state index contributed by atoms with van der Waals surface area (Å²) in [6, 6.07) is 7.73. The molecule has 1 aliphatic rings. The van der Waals surface area contributed by atoms with E-state index < -0.39 is 0 Å². The smallest absolute Gasteiger partial charge is 0.310 e. The number of likely N-dealkylation sites (tertiary alicyclic amines) is 1. The van der Waals surface area contributed by atoms with Crippen molar-refractivity contribution in [3.8, 4) is 0 Å². The maximum Gasteiger partial charge on any atom is 0.310 e. The monoisotopic (exact) mass is 290 g/mol. The van der Waals surface area contributed by atoms with Crippen LogP contribution < -0.4 is 5.32 Å². The lowest BCUT2D eigenvalue weighted by Gasteiger charge is -2.20. The maximum atomic E-state index is 12.6. The third-order valence-electron chi connectivity index (χ3n) is 3.61. The molecule has 0 saturated carbocycles. The van der Waals surface area contributed by atoms with Gasteiger partial charge in [-0.05, 0) is 32.4 Å². The van der Waals surface area contributed by atoms with E-state index in [0.717, 1.165) is 5.69 Å². The van der Waals surface area contributed by atoms with Gasteiger partial charge >= 0.3 is 5.97 Å². The molecule has 1 saturated heterocycles. The lowest BCUT2D eigenvalue weighted by molar-refractivity contribution is -0.144. The Kier molecular flexibility index (Phi) is 4.83. The van der Waals surface area contributed by atoms with Crippen molar-refractivity contribution in [1.82, 2.24) is 4.90 Å². The van der Waals surface area contributed by atoms with Crippen molar-refractivity contribution in [2.45, 2.75) is 26.3 Å². The number of carbonyl (C=O) groups is 2. The molecule has 0 aromatic heterocycles. The largest absolute Gasteiger partial charge is 0.469 e. The molecule has 5 heteroatoms. The number of benzene rings is 1. The molecule has 1 aromatic carbocycles. The molecule has 1 unspecified atom stereocenters. The second kappa shape index (κ2) is 6.61. The zero-order valence-electron chi connectivity index (χ0n) is 12.8. The van der Waals surface area contributed by atoms with Gasteiger partial charge in [0.1, 0.15) is 0 Å². The molecular formula is C16H22N2O3. The number of para-hydroxylation sites is 1. The van der Waals surface area contributed by atoms with E-state index in [4.69, 9.17) is 4.74 Å². The second-order valence-corrected chi connectivity index (χ2v) is 5.60. The van der Waals surface area contributed by atoms with Crippen LogP contribution in [0.4, 0.5) is 5.69 Å². The number of nitrogens with one attached hydrogen (secondary N) is 1. The van der Waals surface area contributed by atoms with Gasteiger partial charge in [-0.3, -0.25) is 9.59 Å². The number of nitrogens with zero attached hydrogens (tertiary/aromatic N) is 1. The van der Waals surface area contributed by atoms with E-state index in [1.54, 1.807) is 4.90 Å². The first-order valence-corrected chi connectivity index (χ1v) is 7.25. The van der Waals surface area contributed by atoms with Gasteiger partial charge in [0.2, 0.25) is 0 Å². The number of hydrogen-bond donors (Lipinski definition) is 1. The summed E-state index contributed by atoms with van der Waals surface area (Å²) in [5.74, 6) is -0.479. The van der Waals surface area contributed by atoms with Gasteiger partial charge in [0.15, 0.2) is 0 Å². The molecule has 1 aromatic rings. The number of methoxy groups -OCH3 is 1. The molecule has 1 amide bonds. The third kappa shape index (κ3) is 3.54. The van der Waals surface area contributed by atoms with Gasteiger partial charge in [0.25, 0.3) is 5.91 Å². The second-order valence-electron chi connectivity index (χ2n) is 5.60. The fourth-order valence-electron chi connectivity index (χ4n) is 2.58. The summed E-state index contributed by atoms with van der Waals surface area (Å²) in [5.41, 5.74) is 1.48. The molecule has 0 spiro atoms. The number of rotatable bonds is 4. The highest BCUT2D eigenvalue weighted by atomic mass is 16.5. The minimum absolute atomic E-state index is 0.0369. The van der Waals surface area contributed by atoms with E-state index in [9.17, 15) is 9.59 Å². The van der Waals surface area contributed by atoms with Crippen LogP contribution in [0.1, 0.15) is 30.6 Å². The van der Waals surface area contributed by atoms with Crippen molar-refractivity contribution in [1.29, 1.82) is 0 Å². The van der Waals surface area contributed by atoms with Gasteiger partial charge in [0, 0.05) is 24.8 Å². The predicted octanol–water partition coefficient (Wildman–Crippen LogP) is 2.14. The highest BCUT2D eigenvalue weighted by Crippen LogP contribution is 2.23. The molecular weight excluding hydrogens is 268 g/mol. The molecule has 1 atom stereocenters. The van der Waals surface area contributed by atoms with Crippen LogP contribution in [0, 0.1) is 5.92 Å². The van der Waals surface area contributed by atoms with Crippen LogP contribution in [0.2, 0.25) is 0 Å². The van der Waals surface area contributed by atoms with Crippen LogP contribution in [-0.2, 0) is 9.53 Å². The highest BCUT2D eigenvalue weighted by molar-refractivity contribution is 6.00. The van der Waals surface area contributed by atoms with Crippen LogP contribution in [-0.4, -0.2) is 43.0 Å². The summed E-state index contributed by atoms with van der Waals surface area (Å²) in [6.07, 6.45) is 0.665. The van der Waals surface area contributed by atoms with Crippen molar-refractivity contribution in [2.24, 2.45) is 5.92 Å². The molecule has 1 aliphatic heterocycles. The van der Waals surface area contributed by atoms with E-state index in [-0.39, 0.29) is 23.8 Å². The lowest BCUT2D eigenvalue weighted by atomic mass is 10.1. The molecule has 1 heterocycles. The summed E-state index contributed by atoms with van der Waals surface area (Å²) in [7, 11) is 1.38. The molecule has 21 heavy (non-hydrogen) atoms. The topological polar surface area (TPSA) is 58.6 Å². The Hall–Kier alpha value is -2.04. The van der Waals surface area contributed by atoms with Crippen LogP contribution in [0.5, 0.6) is 0 Å². The van der Waals surface area contributed by atoms with Gasteiger partial charge in [-0.25, -0.2) is 0 Å². The number of anilines is 1. The number of carbonyl (C=O) groups excluding carboxylic acids is 2. The summed E-state index contributed by atoms with van der Waals surface area (Å²) in [5, 5.41) is 3.28. The molecule has 114 valence electrons. The van der Waals surface area contributed by atoms with Gasteiger partial charge < -0.3 is 15.0 Å². The van der Waals surface area contributed by atoms with E-state index >= 15 is 0 Å². The zero-order chi connectivity index (χ0) is 15.4. The molecule has 2 rings (SSSR count). The molecule has 0 aliphatic carbocycles. The Bertz CT molecular complexity index is 528. The molecule has 1 N–H and O–H groups in total. The highest BCUT2D eigenvalue weighted by Gasteiger charge is 2.32. The van der Waals surface area contributed by atoms with Gasteiger partial charge in [-0.15, -0.1) is 0 Å². The predicted molar refractivity (Wildman–Crippen MR) is 81.2 cm³/mol. The number of amides is 1. The average molecular weight is 290 g/mol. The van der Waals surface area contributed by atoms with Crippen LogP contribution >= 0.6 is 0 Å². The summed E-state index contributed by atoms with van der Waals surface area (Å²) in [4.78, 5) is 25.9. The van der Waals surface area contributed by atoms with Crippen molar-refractivity contribution in [3.63, 3.8) is 0 Å². The minimum atomic E-state index is -0.237. The quantitative estimate of drug-likeness (QED) is 0.863. The third-order valence-corrected chi connectivity index (χ3v) is 3.61. The summed E-state index contributed by atoms with van der Waals surface area (Å²) >= 11 is 0. The maximum absolute atomic E-state index is 12.6. The van der Waals surface area contributed by atoms with Gasteiger partial charge in [-0.2, -0.15) is 0 Å². The Morgan fingerprint density at radius 1 is 1.33 bits per heavy atom. The normalized spacial score (nSPS) is 17.9. The Morgan fingerprint density at radius 2 is 2.05 bits per heavy atom. The van der Waals surface area contributed by atoms with E-state index in [1.165, 1.54) is 7.11 Å². The fraction of sp³-hybridized carbons (Fsp3) is 0.500. The van der Waals surface area contributed by atoms with E-state index in [1.807, 2.05) is 38.1 Å². The van der Waals surface area contributed by atoms with Crippen molar-refractivity contribution in [2.75, 3.05) is 25.5 Å². The zero-order valence-corrected chi connectivity index (χ0v) is 12.8. The van der Waals surface area contributed by atoms with Gasteiger partial charge in [0.05, 0.1) is 18.6 Å². The first-order chi connectivity index (χ1) is 10.0. The minimum Gasteiger partial charge on any atom is -0.469 e. The molecule has 5 nitrogen and oxygen atoms in total. The molecule has 0 bridgehead atoms. The van der Waals surface area contributed by atoms with Crippen LogP contribution in [0.25, 0.3) is 0 Å². The Balaban J connectivity index is 2.12. The van der Waals surface area contributed by atoms with E-state index in [2.05, 4.69) is 5.32 Å². The van der Waals surface area contributed by atoms with Crippen LogP contribution in [0.3, 0.4) is 0 Å². The first kappa shape index (κ1) is 15.4. The van der Waals surface area contributed by atoms with Crippen molar-refractivity contribution >= 4 is 17.6 Å². The summed E-state index contributed by atoms with van der Waals surface area (Å²) in [6.45, 7) is 5.09. The Labute approximate surface area is 125 Å². The summed E-state index contributed by atoms with van der Waals surface area (Å²) < 4.78 is 4.76. The average Bonchev–Trinajstić information content (AvgIpc) is 2.95. The van der Waals surface area contributed by atoms with Crippen LogP contribution in [0.15, 0.2) is 24.3 Å². The van der Waals surface area contributed by atoms with E-state index in [0.29, 0.717) is 25.1 Å². The Morgan fingerprint density at radius 3 is 2.71 bits per heavy atom. The standard InChI is InChI=1S/C16H22N2O3/c1-11(2)17-14-7-5-4-6-13(14)15(19)18-9-8-12(10-18)16(20)21-3/h4-7,11-12,17H,8-10H2,1-3H3. The number of ether oxygens (including phenoxy) is 1. The number of hydrogen-bond acceptors (Lipinski definition) is 4. The molecule has 1 fully saturated rings. The molecule has 0 radical (unpaired) electrons. The SMILES string of the molecule is COC(=O)C1CCN(C(=O)c2ccccc2NC(C)C)C1.